The summed E-state index contributed by atoms with van der Waals surface area (Å²) in [5.41, 5.74) is 2.24. The van der Waals surface area contributed by atoms with Crippen molar-refractivity contribution in [2.75, 3.05) is 6.54 Å². The van der Waals surface area contributed by atoms with Crippen molar-refractivity contribution in [3.8, 4) is 0 Å². The number of rotatable bonds is 5. The van der Waals surface area contributed by atoms with E-state index < -0.39 is 6.10 Å². The normalized spacial score (nSPS) is 12.3. The van der Waals surface area contributed by atoms with Gasteiger partial charge in [-0.25, -0.2) is 0 Å². The van der Waals surface area contributed by atoms with Crippen LogP contribution in [0.15, 0.2) is 59.1 Å². The molecule has 0 saturated heterocycles. The summed E-state index contributed by atoms with van der Waals surface area (Å²) in [5, 5.41) is 12.1. The Morgan fingerprint density at radius 3 is 2.33 bits per heavy atom. The molecule has 0 unspecified atom stereocenters. The summed E-state index contributed by atoms with van der Waals surface area (Å²) in [6, 6.07) is 18.0. The summed E-state index contributed by atoms with van der Waals surface area (Å²) < 4.78 is 1.09. The molecule has 2 aromatic carbocycles. The molecule has 3 heteroatoms. The predicted molar refractivity (Wildman–Crippen MR) is 76.0 cm³/mol. The molecule has 0 bridgehead atoms. The average Bonchev–Trinajstić information content (AvgIpc) is 2.42. The van der Waals surface area contributed by atoms with Gasteiger partial charge in [-0.05, 0) is 17.7 Å². The molecule has 0 aromatic heterocycles. The molecule has 2 nitrogen and oxygen atoms in total. The lowest BCUT2D eigenvalue weighted by atomic mass is 10.1. The van der Waals surface area contributed by atoms with Crippen molar-refractivity contribution in [2.45, 2.75) is 12.6 Å². The largest absolute Gasteiger partial charge is 0.382 e. The van der Waals surface area contributed by atoms with Crippen LogP contribution in [0.4, 0.5) is 0 Å². The second-order valence-electron chi connectivity index (χ2n) is 4.28. The highest BCUT2D eigenvalue weighted by atomic mass is 79.9. The molecule has 94 valence electrons. The summed E-state index contributed by atoms with van der Waals surface area (Å²) in [7, 11) is 0. The molecule has 0 radical (unpaired) electrons. The zero-order valence-electron chi connectivity index (χ0n) is 10.1. The number of hydrogen-bond donors (Lipinski definition) is 2. The molecule has 3 N–H and O–H groups in total. The predicted octanol–water partition coefficient (Wildman–Crippen LogP) is 2.25. The fourth-order valence-electron chi connectivity index (χ4n) is 1.84. The fourth-order valence-corrected chi connectivity index (χ4v) is 2.10. The Hall–Kier alpha value is -1.16. The first-order chi connectivity index (χ1) is 8.75. The van der Waals surface area contributed by atoms with Crippen LogP contribution < -0.4 is 5.32 Å². The molecule has 0 aliphatic carbocycles. The maximum atomic E-state index is 10.0. The van der Waals surface area contributed by atoms with E-state index in [-0.39, 0.29) is 0 Å². The third kappa shape index (κ3) is 3.95. The van der Waals surface area contributed by atoms with Crippen molar-refractivity contribution < 1.29 is 10.4 Å². The first-order valence-corrected chi connectivity index (χ1v) is 6.84. The van der Waals surface area contributed by atoms with E-state index in [1.165, 1.54) is 5.56 Å². The van der Waals surface area contributed by atoms with Crippen LogP contribution in [0.1, 0.15) is 17.2 Å². The van der Waals surface area contributed by atoms with Crippen LogP contribution >= 0.6 is 15.9 Å². The van der Waals surface area contributed by atoms with Gasteiger partial charge in [0.25, 0.3) is 0 Å². The first kappa shape index (κ1) is 13.3. The zero-order chi connectivity index (χ0) is 12.8. The van der Waals surface area contributed by atoms with E-state index >= 15 is 0 Å². The van der Waals surface area contributed by atoms with E-state index in [2.05, 4.69) is 33.4 Å². The van der Waals surface area contributed by atoms with Crippen LogP contribution in [0.2, 0.25) is 0 Å². The number of quaternary nitrogens is 1. The van der Waals surface area contributed by atoms with Crippen LogP contribution in [-0.2, 0) is 6.54 Å². The maximum absolute atomic E-state index is 10.0. The van der Waals surface area contributed by atoms with Gasteiger partial charge in [0.05, 0.1) is 0 Å². The lowest BCUT2D eigenvalue weighted by Gasteiger charge is -2.09. The number of halogens is 1. The summed E-state index contributed by atoms with van der Waals surface area (Å²) in [4.78, 5) is 0. The Labute approximate surface area is 116 Å². The van der Waals surface area contributed by atoms with E-state index in [1.807, 2.05) is 42.5 Å². The van der Waals surface area contributed by atoms with Crippen LogP contribution in [0, 0.1) is 0 Å². The van der Waals surface area contributed by atoms with Crippen LogP contribution in [0.5, 0.6) is 0 Å². The fraction of sp³-hybridized carbons (Fsp3) is 0.200. The van der Waals surface area contributed by atoms with E-state index in [9.17, 15) is 5.11 Å². The van der Waals surface area contributed by atoms with Gasteiger partial charge in [0.1, 0.15) is 19.2 Å². The number of hydrogen-bond acceptors (Lipinski definition) is 1. The minimum absolute atomic E-state index is 0.401. The van der Waals surface area contributed by atoms with Gasteiger partial charge in [-0.3, -0.25) is 0 Å². The highest BCUT2D eigenvalue weighted by molar-refractivity contribution is 9.10. The Kier molecular flexibility index (Phi) is 4.93. The topological polar surface area (TPSA) is 36.8 Å². The number of aliphatic hydroxyl groups is 1. The van der Waals surface area contributed by atoms with Crippen molar-refractivity contribution in [1.29, 1.82) is 0 Å². The average molecular weight is 307 g/mol. The van der Waals surface area contributed by atoms with E-state index in [1.54, 1.807) is 0 Å². The lowest BCUT2D eigenvalue weighted by Crippen LogP contribution is -2.83. The van der Waals surface area contributed by atoms with Crippen molar-refractivity contribution in [1.82, 2.24) is 0 Å². The van der Waals surface area contributed by atoms with Gasteiger partial charge in [0, 0.05) is 10.0 Å². The van der Waals surface area contributed by atoms with Gasteiger partial charge < -0.3 is 10.4 Å². The molecule has 0 aliphatic rings. The number of aliphatic hydroxyl groups excluding tert-OH is 1. The summed E-state index contributed by atoms with van der Waals surface area (Å²) in [6.07, 6.45) is -0.401. The highest BCUT2D eigenvalue weighted by Gasteiger charge is 2.08. The molecule has 1 atom stereocenters. The van der Waals surface area contributed by atoms with Crippen LogP contribution in [0.25, 0.3) is 0 Å². The summed E-state index contributed by atoms with van der Waals surface area (Å²) in [6.45, 7) is 1.57. The Morgan fingerprint density at radius 1 is 1.00 bits per heavy atom. The summed E-state index contributed by atoms with van der Waals surface area (Å²) >= 11 is 3.42. The molecule has 0 spiro atoms. The standard InChI is InChI=1S/C15H16BrNO/c16-14-8-6-12(7-9-14)10-17-11-15(18)13-4-2-1-3-5-13/h1-9,15,17-18H,10-11H2/p+1/t15-/m0/s1. The second-order valence-corrected chi connectivity index (χ2v) is 5.20. The van der Waals surface area contributed by atoms with Crippen molar-refractivity contribution in [2.24, 2.45) is 0 Å². The van der Waals surface area contributed by atoms with Gasteiger partial charge in [-0.15, -0.1) is 0 Å². The third-order valence-electron chi connectivity index (χ3n) is 2.87. The summed E-state index contributed by atoms with van der Waals surface area (Å²) in [5.74, 6) is 0. The maximum Gasteiger partial charge on any atom is 0.128 e. The molecule has 0 amide bonds. The van der Waals surface area contributed by atoms with E-state index in [4.69, 9.17) is 0 Å². The molecule has 0 saturated carbocycles. The Bertz CT molecular complexity index is 470. The lowest BCUT2D eigenvalue weighted by molar-refractivity contribution is -0.677. The molecule has 18 heavy (non-hydrogen) atoms. The van der Waals surface area contributed by atoms with Crippen LogP contribution in [-0.4, -0.2) is 11.7 Å². The Morgan fingerprint density at radius 2 is 1.67 bits per heavy atom. The minimum atomic E-state index is -0.401. The first-order valence-electron chi connectivity index (χ1n) is 6.05. The third-order valence-corrected chi connectivity index (χ3v) is 3.40. The minimum Gasteiger partial charge on any atom is -0.382 e. The smallest absolute Gasteiger partial charge is 0.128 e. The zero-order valence-corrected chi connectivity index (χ0v) is 11.7. The van der Waals surface area contributed by atoms with E-state index in [0.717, 1.165) is 16.6 Å². The van der Waals surface area contributed by atoms with Gasteiger partial charge in [0.15, 0.2) is 0 Å². The van der Waals surface area contributed by atoms with Crippen LogP contribution in [0.3, 0.4) is 0 Å². The number of benzene rings is 2. The van der Waals surface area contributed by atoms with Gasteiger partial charge in [-0.1, -0.05) is 58.4 Å². The Balaban J connectivity index is 1.80. The van der Waals surface area contributed by atoms with Crippen molar-refractivity contribution in [3.05, 3.63) is 70.2 Å². The molecule has 0 fully saturated rings. The molecule has 2 rings (SSSR count). The highest BCUT2D eigenvalue weighted by Crippen LogP contribution is 2.10. The molecule has 2 aromatic rings. The van der Waals surface area contributed by atoms with E-state index in [0.29, 0.717) is 6.54 Å². The van der Waals surface area contributed by atoms with Crippen molar-refractivity contribution >= 4 is 15.9 Å². The molecule has 0 aliphatic heterocycles. The number of nitrogens with two attached hydrogens (primary N) is 1. The molecule has 0 heterocycles. The molecular weight excluding hydrogens is 290 g/mol. The van der Waals surface area contributed by atoms with Gasteiger partial charge in [-0.2, -0.15) is 0 Å². The van der Waals surface area contributed by atoms with Crippen molar-refractivity contribution in [3.63, 3.8) is 0 Å². The molecular formula is C15H17BrNO+. The quantitative estimate of drug-likeness (QED) is 0.873. The SMILES string of the molecule is O[C@@H](C[NH2+]Cc1ccc(Br)cc1)c1ccccc1. The second kappa shape index (κ2) is 6.69. The van der Waals surface area contributed by atoms with Gasteiger partial charge >= 0.3 is 0 Å². The van der Waals surface area contributed by atoms with Gasteiger partial charge in [0.2, 0.25) is 0 Å². The monoisotopic (exact) mass is 306 g/mol.